The monoisotopic (exact) mass is 141 g/mol. The van der Waals surface area contributed by atoms with E-state index in [1.807, 2.05) is 7.05 Å². The van der Waals surface area contributed by atoms with Crippen LogP contribution in [-0.2, 0) is 0 Å². The van der Waals surface area contributed by atoms with E-state index in [1.165, 1.54) is 5.70 Å². The quantitative estimate of drug-likeness (QED) is 0.623. The van der Waals surface area contributed by atoms with Gasteiger partial charge in [0.05, 0.1) is 0 Å². The summed E-state index contributed by atoms with van der Waals surface area (Å²) in [6.07, 6.45) is 3.34. The maximum atomic E-state index is 3.20. The van der Waals surface area contributed by atoms with E-state index in [9.17, 15) is 0 Å². The highest BCUT2D eigenvalue weighted by Gasteiger charge is 2.13. The van der Waals surface area contributed by atoms with E-state index in [0.29, 0.717) is 0 Å². The number of rotatable bonds is 2. The van der Waals surface area contributed by atoms with Crippen LogP contribution in [0.4, 0.5) is 0 Å². The summed E-state index contributed by atoms with van der Waals surface area (Å²) in [7, 11) is 1.98. The zero-order chi connectivity index (χ0) is 8.20. The molecule has 0 radical (unpaired) electrons. The average molecular weight is 141 g/mol. The molecular weight excluding hydrogens is 122 g/mol. The molecule has 0 saturated heterocycles. The minimum atomic E-state index is 0.269. The SMILES string of the molecule is CC/C=C(/NC)C(C)(C)C. The Morgan fingerprint density at radius 2 is 1.90 bits per heavy atom. The van der Waals surface area contributed by atoms with Gasteiger partial charge in [-0.05, 0) is 6.42 Å². The molecule has 0 aliphatic heterocycles. The van der Waals surface area contributed by atoms with Gasteiger partial charge in [-0.3, -0.25) is 0 Å². The van der Waals surface area contributed by atoms with Crippen LogP contribution < -0.4 is 5.32 Å². The van der Waals surface area contributed by atoms with Crippen LogP contribution in [0.15, 0.2) is 11.8 Å². The van der Waals surface area contributed by atoms with Gasteiger partial charge >= 0.3 is 0 Å². The van der Waals surface area contributed by atoms with E-state index < -0.39 is 0 Å². The first-order valence-electron chi connectivity index (χ1n) is 3.90. The standard InChI is InChI=1S/C9H19N/c1-6-7-8(10-5)9(2,3)4/h7,10H,6H2,1-5H3/b8-7+. The summed E-state index contributed by atoms with van der Waals surface area (Å²) < 4.78 is 0. The topological polar surface area (TPSA) is 12.0 Å². The minimum Gasteiger partial charge on any atom is -0.391 e. The minimum absolute atomic E-state index is 0.269. The molecule has 0 aromatic carbocycles. The first-order chi connectivity index (χ1) is 4.52. The van der Waals surface area contributed by atoms with Crippen molar-refractivity contribution in [1.29, 1.82) is 0 Å². The molecule has 0 spiro atoms. The first kappa shape index (κ1) is 9.54. The van der Waals surface area contributed by atoms with Gasteiger partial charge in [-0.2, -0.15) is 0 Å². The summed E-state index contributed by atoms with van der Waals surface area (Å²) in [5, 5.41) is 3.20. The van der Waals surface area contributed by atoms with Crippen molar-refractivity contribution in [3.8, 4) is 0 Å². The molecular formula is C9H19N. The second-order valence-electron chi connectivity index (χ2n) is 3.53. The summed E-state index contributed by atoms with van der Waals surface area (Å²) >= 11 is 0. The third kappa shape index (κ3) is 2.90. The lowest BCUT2D eigenvalue weighted by Crippen LogP contribution is -2.20. The Balaban J connectivity index is 4.21. The molecule has 0 aromatic heterocycles. The van der Waals surface area contributed by atoms with Gasteiger partial charge < -0.3 is 5.32 Å². The van der Waals surface area contributed by atoms with E-state index in [0.717, 1.165) is 6.42 Å². The third-order valence-corrected chi connectivity index (χ3v) is 1.49. The zero-order valence-corrected chi connectivity index (χ0v) is 7.78. The molecule has 0 heterocycles. The van der Waals surface area contributed by atoms with Gasteiger partial charge in [0.25, 0.3) is 0 Å². The molecule has 0 saturated carbocycles. The molecule has 0 rings (SSSR count). The van der Waals surface area contributed by atoms with Gasteiger partial charge in [0.15, 0.2) is 0 Å². The van der Waals surface area contributed by atoms with Crippen LogP contribution in [0.2, 0.25) is 0 Å². The van der Waals surface area contributed by atoms with E-state index in [-0.39, 0.29) is 5.41 Å². The Kier molecular flexibility index (Phi) is 3.48. The van der Waals surface area contributed by atoms with Gasteiger partial charge in [-0.15, -0.1) is 0 Å². The fraction of sp³-hybridized carbons (Fsp3) is 0.778. The van der Waals surface area contributed by atoms with Crippen LogP contribution in [-0.4, -0.2) is 7.05 Å². The summed E-state index contributed by atoms with van der Waals surface area (Å²) in [6, 6.07) is 0. The molecule has 0 aromatic rings. The van der Waals surface area contributed by atoms with E-state index in [4.69, 9.17) is 0 Å². The highest BCUT2D eigenvalue weighted by atomic mass is 14.8. The Bertz CT molecular complexity index is 117. The Morgan fingerprint density at radius 3 is 2.00 bits per heavy atom. The third-order valence-electron chi connectivity index (χ3n) is 1.49. The number of allylic oxidation sites excluding steroid dienone is 2. The van der Waals surface area contributed by atoms with Gasteiger partial charge in [0.2, 0.25) is 0 Å². The maximum Gasteiger partial charge on any atom is 0.0118 e. The summed E-state index contributed by atoms with van der Waals surface area (Å²) in [4.78, 5) is 0. The number of hydrogen-bond acceptors (Lipinski definition) is 1. The summed E-state index contributed by atoms with van der Waals surface area (Å²) in [6.45, 7) is 8.80. The second-order valence-corrected chi connectivity index (χ2v) is 3.53. The lowest BCUT2D eigenvalue weighted by atomic mass is 9.91. The van der Waals surface area contributed by atoms with Crippen LogP contribution in [0, 0.1) is 5.41 Å². The molecule has 0 atom stereocenters. The molecule has 0 bridgehead atoms. The predicted octanol–water partition coefficient (Wildman–Crippen LogP) is 2.55. The van der Waals surface area contributed by atoms with Gasteiger partial charge in [0.1, 0.15) is 0 Å². The smallest absolute Gasteiger partial charge is 0.0118 e. The molecule has 0 aliphatic rings. The average Bonchev–Trinajstić information content (AvgIpc) is 1.80. The van der Waals surface area contributed by atoms with Crippen molar-refractivity contribution in [3.05, 3.63) is 11.8 Å². The molecule has 0 amide bonds. The Morgan fingerprint density at radius 1 is 1.40 bits per heavy atom. The largest absolute Gasteiger partial charge is 0.391 e. The van der Waals surface area contributed by atoms with Crippen molar-refractivity contribution in [2.24, 2.45) is 5.41 Å². The van der Waals surface area contributed by atoms with Crippen molar-refractivity contribution in [3.63, 3.8) is 0 Å². The van der Waals surface area contributed by atoms with E-state index in [2.05, 4.69) is 39.1 Å². The summed E-state index contributed by atoms with van der Waals surface area (Å²) in [5.41, 5.74) is 1.60. The van der Waals surface area contributed by atoms with Crippen LogP contribution >= 0.6 is 0 Å². The fourth-order valence-corrected chi connectivity index (χ4v) is 0.987. The lowest BCUT2D eigenvalue weighted by molar-refractivity contribution is 0.470. The maximum absolute atomic E-state index is 3.20. The molecule has 1 nitrogen and oxygen atoms in total. The van der Waals surface area contributed by atoms with Crippen LogP contribution in [0.5, 0.6) is 0 Å². The van der Waals surface area contributed by atoms with Crippen LogP contribution in [0.3, 0.4) is 0 Å². The normalized spacial score (nSPS) is 13.5. The second kappa shape index (κ2) is 3.65. The van der Waals surface area contributed by atoms with Crippen LogP contribution in [0.1, 0.15) is 34.1 Å². The molecule has 1 heteroatoms. The van der Waals surface area contributed by atoms with Crippen molar-refractivity contribution in [2.45, 2.75) is 34.1 Å². The van der Waals surface area contributed by atoms with Gasteiger partial charge in [-0.25, -0.2) is 0 Å². The molecule has 10 heavy (non-hydrogen) atoms. The Hall–Kier alpha value is -0.460. The highest BCUT2D eigenvalue weighted by Crippen LogP contribution is 2.22. The van der Waals surface area contributed by atoms with E-state index >= 15 is 0 Å². The zero-order valence-electron chi connectivity index (χ0n) is 7.78. The van der Waals surface area contributed by atoms with Crippen LogP contribution in [0.25, 0.3) is 0 Å². The lowest BCUT2D eigenvalue weighted by Gasteiger charge is -2.22. The fourth-order valence-electron chi connectivity index (χ4n) is 0.987. The van der Waals surface area contributed by atoms with Gasteiger partial charge in [0, 0.05) is 18.2 Å². The van der Waals surface area contributed by atoms with Crippen molar-refractivity contribution in [1.82, 2.24) is 5.32 Å². The van der Waals surface area contributed by atoms with Crippen molar-refractivity contribution >= 4 is 0 Å². The summed E-state index contributed by atoms with van der Waals surface area (Å²) in [5.74, 6) is 0. The van der Waals surface area contributed by atoms with Gasteiger partial charge in [-0.1, -0.05) is 33.8 Å². The molecule has 0 fully saturated rings. The molecule has 60 valence electrons. The van der Waals surface area contributed by atoms with E-state index in [1.54, 1.807) is 0 Å². The number of hydrogen-bond donors (Lipinski definition) is 1. The predicted molar refractivity (Wildman–Crippen MR) is 46.9 cm³/mol. The first-order valence-corrected chi connectivity index (χ1v) is 3.90. The van der Waals surface area contributed by atoms with Crippen molar-refractivity contribution < 1.29 is 0 Å². The van der Waals surface area contributed by atoms with Crippen molar-refractivity contribution in [2.75, 3.05) is 7.05 Å². The molecule has 0 unspecified atom stereocenters. The highest BCUT2D eigenvalue weighted by molar-refractivity contribution is 5.07. The number of nitrogens with one attached hydrogen (secondary N) is 1. The molecule has 0 aliphatic carbocycles. The molecule has 1 N–H and O–H groups in total. The Labute approximate surface area is 64.5 Å².